The summed E-state index contributed by atoms with van der Waals surface area (Å²) in [6.07, 6.45) is 5.69. The molecule has 5 rings (SSSR count). The summed E-state index contributed by atoms with van der Waals surface area (Å²) in [5.74, 6) is 3.66. The van der Waals surface area contributed by atoms with Crippen molar-refractivity contribution in [3.05, 3.63) is 45.2 Å². The molecule has 1 saturated carbocycles. The first-order valence-electron chi connectivity index (χ1n) is 9.63. The third-order valence-corrected chi connectivity index (χ3v) is 6.72. The third-order valence-electron chi connectivity index (χ3n) is 5.71. The Morgan fingerprint density at radius 1 is 1.27 bits per heavy atom. The summed E-state index contributed by atoms with van der Waals surface area (Å²) in [5.41, 5.74) is 3.29. The van der Waals surface area contributed by atoms with Gasteiger partial charge in [-0.2, -0.15) is 16.9 Å². The van der Waals surface area contributed by atoms with Gasteiger partial charge in [0.05, 0.1) is 17.9 Å². The third kappa shape index (κ3) is 3.34. The van der Waals surface area contributed by atoms with Crippen LogP contribution in [0.3, 0.4) is 0 Å². The normalized spacial score (nSPS) is 23.3. The minimum atomic E-state index is 0.0376. The average molecular weight is 372 g/mol. The lowest BCUT2D eigenvalue weighted by molar-refractivity contribution is 0.210. The molecule has 1 atom stereocenters. The molecule has 0 aromatic carbocycles. The minimum absolute atomic E-state index is 0.0376. The number of fused-ring (bicyclic) bond motifs is 1. The lowest BCUT2D eigenvalue weighted by Crippen LogP contribution is -2.37. The maximum Gasteiger partial charge on any atom is 0.267 e. The van der Waals surface area contributed by atoms with Gasteiger partial charge < -0.3 is 4.52 Å². The second-order valence-electron chi connectivity index (χ2n) is 7.70. The highest BCUT2D eigenvalue weighted by atomic mass is 32.2. The smallest absolute Gasteiger partial charge is 0.267 e. The Kier molecular flexibility index (Phi) is 4.36. The van der Waals surface area contributed by atoms with Crippen molar-refractivity contribution >= 4 is 11.8 Å². The molecule has 1 unspecified atom stereocenters. The van der Waals surface area contributed by atoms with Crippen LogP contribution < -0.4 is 5.56 Å². The number of hydrogen-bond acceptors (Lipinski definition) is 6. The first-order valence-corrected chi connectivity index (χ1v) is 10.8. The Morgan fingerprint density at radius 2 is 2.19 bits per heavy atom. The highest BCUT2D eigenvalue weighted by Crippen LogP contribution is 2.40. The van der Waals surface area contributed by atoms with E-state index in [0.717, 1.165) is 66.6 Å². The van der Waals surface area contributed by atoms with Crippen LogP contribution in [0.25, 0.3) is 0 Å². The molecule has 0 bridgehead atoms. The molecule has 3 aliphatic rings. The number of aromatic nitrogens is 3. The van der Waals surface area contributed by atoms with Crippen molar-refractivity contribution in [3.8, 4) is 0 Å². The zero-order chi connectivity index (χ0) is 17.5. The molecular formula is C19H24N4O2S. The standard InChI is InChI=1S/C19H24N4O2S/c24-19-8-14-12-26-7-5-17(14)20-23(19)11-16-2-1-6-22(16)10-15-9-18(25-21-15)13-3-4-13/h8-9,13,16H,1-7,10-12H2. The summed E-state index contributed by atoms with van der Waals surface area (Å²) in [5, 5.41) is 8.94. The number of rotatable bonds is 5. The van der Waals surface area contributed by atoms with Crippen LogP contribution in [0, 0.1) is 0 Å². The Balaban J connectivity index is 1.30. The molecule has 0 radical (unpaired) electrons. The fraction of sp³-hybridized carbons (Fsp3) is 0.632. The van der Waals surface area contributed by atoms with Gasteiger partial charge in [0.2, 0.25) is 0 Å². The van der Waals surface area contributed by atoms with Gasteiger partial charge in [0.1, 0.15) is 5.76 Å². The van der Waals surface area contributed by atoms with E-state index in [1.54, 1.807) is 10.7 Å². The molecule has 2 aromatic rings. The van der Waals surface area contributed by atoms with E-state index >= 15 is 0 Å². The zero-order valence-electron chi connectivity index (χ0n) is 14.9. The highest BCUT2D eigenvalue weighted by Gasteiger charge is 2.30. The second-order valence-corrected chi connectivity index (χ2v) is 8.81. The molecule has 26 heavy (non-hydrogen) atoms. The van der Waals surface area contributed by atoms with Crippen molar-refractivity contribution in [2.24, 2.45) is 0 Å². The molecule has 6 nitrogen and oxygen atoms in total. The lowest BCUT2D eigenvalue weighted by Gasteiger charge is -2.24. The molecule has 138 valence electrons. The lowest BCUT2D eigenvalue weighted by atomic mass is 10.2. The van der Waals surface area contributed by atoms with E-state index in [0.29, 0.717) is 18.5 Å². The van der Waals surface area contributed by atoms with E-state index in [1.807, 2.05) is 11.8 Å². The molecule has 0 spiro atoms. The van der Waals surface area contributed by atoms with Crippen LogP contribution in [-0.4, -0.2) is 38.2 Å². The summed E-state index contributed by atoms with van der Waals surface area (Å²) in [6.45, 7) is 2.52. The minimum Gasteiger partial charge on any atom is -0.361 e. The van der Waals surface area contributed by atoms with Crippen molar-refractivity contribution < 1.29 is 4.52 Å². The Hall–Kier alpha value is -1.60. The van der Waals surface area contributed by atoms with Crippen LogP contribution in [0.5, 0.6) is 0 Å². The molecule has 2 fully saturated rings. The van der Waals surface area contributed by atoms with Gasteiger partial charge in [0.25, 0.3) is 5.56 Å². The van der Waals surface area contributed by atoms with Crippen LogP contribution in [0.15, 0.2) is 21.5 Å². The van der Waals surface area contributed by atoms with Crippen molar-refractivity contribution in [1.29, 1.82) is 0 Å². The molecule has 1 saturated heterocycles. The molecule has 1 aliphatic carbocycles. The number of thioether (sulfide) groups is 1. The summed E-state index contributed by atoms with van der Waals surface area (Å²) in [6, 6.07) is 4.26. The molecule has 7 heteroatoms. The summed E-state index contributed by atoms with van der Waals surface area (Å²) < 4.78 is 7.18. The van der Waals surface area contributed by atoms with E-state index in [1.165, 1.54) is 12.8 Å². The van der Waals surface area contributed by atoms with Crippen LogP contribution in [0.2, 0.25) is 0 Å². The monoisotopic (exact) mass is 372 g/mol. The van der Waals surface area contributed by atoms with Crippen molar-refractivity contribution in [3.63, 3.8) is 0 Å². The Morgan fingerprint density at radius 3 is 3.08 bits per heavy atom. The highest BCUT2D eigenvalue weighted by molar-refractivity contribution is 7.98. The van der Waals surface area contributed by atoms with E-state index in [4.69, 9.17) is 4.52 Å². The van der Waals surface area contributed by atoms with Crippen molar-refractivity contribution in [2.45, 2.75) is 62.9 Å². The molecular weight excluding hydrogens is 348 g/mol. The van der Waals surface area contributed by atoms with E-state index in [-0.39, 0.29) is 5.56 Å². The van der Waals surface area contributed by atoms with Crippen LogP contribution >= 0.6 is 11.8 Å². The average Bonchev–Trinajstić information content (AvgIpc) is 3.24. The number of hydrogen-bond donors (Lipinski definition) is 0. The van der Waals surface area contributed by atoms with Gasteiger partial charge in [-0.25, -0.2) is 4.68 Å². The Bertz CT molecular complexity index is 857. The Labute approximate surface area is 156 Å². The SMILES string of the molecule is O=c1cc2c(nn1CC1CCCN1Cc1cc(C3CC3)on1)CCSC2. The molecule has 2 aliphatic heterocycles. The molecule has 0 N–H and O–H groups in total. The number of nitrogens with zero attached hydrogens (tertiary/aromatic N) is 4. The van der Waals surface area contributed by atoms with Gasteiger partial charge in [-0.1, -0.05) is 5.16 Å². The topological polar surface area (TPSA) is 64.2 Å². The summed E-state index contributed by atoms with van der Waals surface area (Å²) in [7, 11) is 0. The molecule has 0 amide bonds. The summed E-state index contributed by atoms with van der Waals surface area (Å²) >= 11 is 1.88. The molecule has 2 aromatic heterocycles. The predicted octanol–water partition coefficient (Wildman–Crippen LogP) is 2.56. The summed E-state index contributed by atoms with van der Waals surface area (Å²) in [4.78, 5) is 14.9. The maximum absolute atomic E-state index is 12.5. The first kappa shape index (κ1) is 16.6. The van der Waals surface area contributed by atoms with Crippen molar-refractivity contribution in [1.82, 2.24) is 19.8 Å². The maximum atomic E-state index is 12.5. The van der Waals surface area contributed by atoms with Gasteiger partial charge in [0.15, 0.2) is 0 Å². The van der Waals surface area contributed by atoms with E-state index in [2.05, 4.69) is 21.2 Å². The fourth-order valence-electron chi connectivity index (χ4n) is 4.06. The molecule has 4 heterocycles. The predicted molar refractivity (Wildman–Crippen MR) is 100 cm³/mol. The van der Waals surface area contributed by atoms with Crippen molar-refractivity contribution in [2.75, 3.05) is 12.3 Å². The van der Waals surface area contributed by atoms with Gasteiger partial charge >= 0.3 is 0 Å². The quantitative estimate of drug-likeness (QED) is 0.804. The second kappa shape index (κ2) is 6.85. The zero-order valence-corrected chi connectivity index (χ0v) is 15.7. The largest absolute Gasteiger partial charge is 0.361 e. The van der Waals surface area contributed by atoms with Crippen LogP contribution in [0.4, 0.5) is 0 Å². The van der Waals surface area contributed by atoms with Crippen LogP contribution in [-0.2, 0) is 25.3 Å². The van der Waals surface area contributed by atoms with Gasteiger partial charge in [-0.3, -0.25) is 9.69 Å². The first-order chi connectivity index (χ1) is 12.8. The van der Waals surface area contributed by atoms with E-state index in [9.17, 15) is 4.79 Å². The van der Waals surface area contributed by atoms with Gasteiger partial charge in [0, 0.05) is 42.8 Å². The fourth-order valence-corrected chi connectivity index (χ4v) is 5.02. The van der Waals surface area contributed by atoms with Crippen LogP contribution in [0.1, 0.15) is 54.3 Å². The van der Waals surface area contributed by atoms with Gasteiger partial charge in [-0.15, -0.1) is 0 Å². The number of likely N-dealkylation sites (tertiary alicyclic amines) is 1. The number of aryl methyl sites for hydroxylation is 1. The van der Waals surface area contributed by atoms with Gasteiger partial charge in [-0.05, 0) is 43.5 Å². The van der Waals surface area contributed by atoms with E-state index < -0.39 is 0 Å².